The predicted octanol–water partition coefficient (Wildman–Crippen LogP) is 1.79. The van der Waals surface area contributed by atoms with Crippen LogP contribution in [-0.4, -0.2) is 31.6 Å². The van der Waals surface area contributed by atoms with Crippen molar-refractivity contribution >= 4 is 9.84 Å². The van der Waals surface area contributed by atoms with E-state index in [9.17, 15) is 13.5 Å². The van der Waals surface area contributed by atoms with Gasteiger partial charge in [0.15, 0.2) is 9.84 Å². The molecule has 3 rings (SSSR count). The molecule has 2 N–H and O–H groups in total. The summed E-state index contributed by atoms with van der Waals surface area (Å²) < 4.78 is 22.9. The van der Waals surface area contributed by atoms with E-state index in [1.54, 1.807) is 6.07 Å². The third kappa shape index (κ3) is 2.99. The van der Waals surface area contributed by atoms with Crippen LogP contribution in [0, 0.1) is 5.92 Å². The summed E-state index contributed by atoms with van der Waals surface area (Å²) in [5, 5.41) is 13.2. The summed E-state index contributed by atoms with van der Waals surface area (Å²) in [5.74, 6) is 1.20. The summed E-state index contributed by atoms with van der Waals surface area (Å²) in [7, 11) is -2.80. The summed E-state index contributed by atoms with van der Waals surface area (Å²) in [6.07, 6.45) is 4.02. The highest BCUT2D eigenvalue weighted by atomic mass is 32.2. The van der Waals surface area contributed by atoms with Crippen LogP contribution in [0.3, 0.4) is 0 Å². The lowest BCUT2D eigenvalue weighted by Gasteiger charge is -2.27. The Morgan fingerprint density at radius 1 is 1.30 bits per heavy atom. The summed E-state index contributed by atoms with van der Waals surface area (Å²) in [5.41, 5.74) is 2.47. The van der Waals surface area contributed by atoms with Crippen molar-refractivity contribution in [1.29, 1.82) is 0 Å². The molecular formula is C15H21NO3S. The molecule has 2 unspecified atom stereocenters. The van der Waals surface area contributed by atoms with Crippen LogP contribution in [0.2, 0.25) is 0 Å². The Kier molecular flexibility index (Phi) is 3.73. The summed E-state index contributed by atoms with van der Waals surface area (Å²) in [6.45, 7) is 0.749. The number of rotatable bonds is 3. The number of hydrogen-bond acceptors (Lipinski definition) is 4. The van der Waals surface area contributed by atoms with Gasteiger partial charge in [-0.05, 0) is 61.4 Å². The second kappa shape index (κ2) is 5.37. The average molecular weight is 295 g/mol. The molecule has 1 fully saturated rings. The second-order valence-electron chi connectivity index (χ2n) is 6.01. The van der Waals surface area contributed by atoms with Crippen LogP contribution in [0.1, 0.15) is 36.4 Å². The van der Waals surface area contributed by atoms with E-state index >= 15 is 0 Å². The van der Waals surface area contributed by atoms with Crippen molar-refractivity contribution in [1.82, 2.24) is 5.32 Å². The highest BCUT2D eigenvalue weighted by Gasteiger charge is 2.29. The lowest BCUT2D eigenvalue weighted by molar-refractivity contribution is 0.413. The zero-order chi connectivity index (χ0) is 14.2. The minimum absolute atomic E-state index is 0.239. The van der Waals surface area contributed by atoms with Gasteiger partial charge in [0.05, 0.1) is 11.5 Å². The predicted molar refractivity (Wildman–Crippen MR) is 78.5 cm³/mol. The second-order valence-corrected chi connectivity index (χ2v) is 8.23. The van der Waals surface area contributed by atoms with Gasteiger partial charge in [-0.25, -0.2) is 8.42 Å². The first-order valence-electron chi connectivity index (χ1n) is 7.29. The number of aryl methyl sites for hydroxylation is 1. The molecule has 0 spiro atoms. The van der Waals surface area contributed by atoms with Crippen molar-refractivity contribution in [2.24, 2.45) is 5.92 Å². The molecule has 1 aliphatic heterocycles. The first kappa shape index (κ1) is 13.9. The average Bonchev–Trinajstić information content (AvgIpc) is 2.76. The Morgan fingerprint density at radius 3 is 2.90 bits per heavy atom. The maximum atomic E-state index is 11.5. The molecule has 4 nitrogen and oxygen atoms in total. The zero-order valence-electron chi connectivity index (χ0n) is 11.5. The minimum Gasteiger partial charge on any atom is -0.508 e. The Balaban J connectivity index is 1.66. The quantitative estimate of drug-likeness (QED) is 0.892. The number of sulfone groups is 1. The van der Waals surface area contributed by atoms with E-state index in [4.69, 9.17) is 0 Å². The number of benzene rings is 1. The highest BCUT2D eigenvalue weighted by molar-refractivity contribution is 7.91. The van der Waals surface area contributed by atoms with Gasteiger partial charge in [-0.1, -0.05) is 6.07 Å². The normalized spacial score (nSPS) is 28.2. The third-order valence-corrected chi connectivity index (χ3v) is 6.26. The molecule has 0 aromatic heterocycles. The van der Waals surface area contributed by atoms with Gasteiger partial charge in [0.2, 0.25) is 0 Å². The zero-order valence-corrected chi connectivity index (χ0v) is 12.3. The molecule has 1 aliphatic carbocycles. The SMILES string of the molecule is O=S1(=O)CCC(CNC2CCCc3ccc(O)cc32)C1. The number of aromatic hydroxyl groups is 1. The molecule has 0 bridgehead atoms. The van der Waals surface area contributed by atoms with Gasteiger partial charge >= 0.3 is 0 Å². The van der Waals surface area contributed by atoms with Crippen molar-refractivity contribution < 1.29 is 13.5 Å². The highest BCUT2D eigenvalue weighted by Crippen LogP contribution is 2.32. The number of fused-ring (bicyclic) bond motifs is 1. The van der Waals surface area contributed by atoms with Crippen LogP contribution in [0.5, 0.6) is 5.75 Å². The van der Waals surface area contributed by atoms with Crippen molar-refractivity contribution in [2.45, 2.75) is 31.7 Å². The van der Waals surface area contributed by atoms with Crippen LogP contribution in [-0.2, 0) is 16.3 Å². The van der Waals surface area contributed by atoms with E-state index in [1.165, 1.54) is 11.1 Å². The van der Waals surface area contributed by atoms with Gasteiger partial charge in [-0.2, -0.15) is 0 Å². The van der Waals surface area contributed by atoms with E-state index in [0.717, 1.165) is 32.2 Å². The van der Waals surface area contributed by atoms with Crippen LogP contribution < -0.4 is 5.32 Å². The minimum atomic E-state index is -2.80. The molecule has 1 aromatic carbocycles. The molecule has 1 heterocycles. The van der Waals surface area contributed by atoms with Crippen molar-refractivity contribution in [2.75, 3.05) is 18.1 Å². The summed E-state index contributed by atoms with van der Waals surface area (Å²) >= 11 is 0. The standard InChI is InChI=1S/C15H21NO3S/c17-13-5-4-12-2-1-3-15(14(12)8-13)16-9-11-6-7-20(18,19)10-11/h4-5,8,11,15-17H,1-3,6-7,9-10H2. The molecule has 20 heavy (non-hydrogen) atoms. The van der Waals surface area contributed by atoms with Crippen LogP contribution in [0.4, 0.5) is 0 Å². The van der Waals surface area contributed by atoms with Gasteiger partial charge in [0.1, 0.15) is 5.75 Å². The van der Waals surface area contributed by atoms with E-state index in [-0.39, 0.29) is 12.0 Å². The fourth-order valence-electron chi connectivity index (χ4n) is 3.34. The van der Waals surface area contributed by atoms with E-state index in [1.807, 2.05) is 12.1 Å². The van der Waals surface area contributed by atoms with E-state index < -0.39 is 9.84 Å². The van der Waals surface area contributed by atoms with Crippen molar-refractivity contribution in [3.05, 3.63) is 29.3 Å². The molecular weight excluding hydrogens is 274 g/mol. The van der Waals surface area contributed by atoms with E-state index in [2.05, 4.69) is 5.32 Å². The van der Waals surface area contributed by atoms with Gasteiger partial charge in [0.25, 0.3) is 0 Å². The maximum absolute atomic E-state index is 11.5. The summed E-state index contributed by atoms with van der Waals surface area (Å²) in [6, 6.07) is 5.83. The topological polar surface area (TPSA) is 66.4 Å². The fourth-order valence-corrected chi connectivity index (χ4v) is 5.20. The van der Waals surface area contributed by atoms with Gasteiger partial charge in [0, 0.05) is 6.04 Å². The van der Waals surface area contributed by atoms with Crippen LogP contribution in [0.15, 0.2) is 18.2 Å². The van der Waals surface area contributed by atoms with Crippen molar-refractivity contribution in [3.63, 3.8) is 0 Å². The Hall–Kier alpha value is -1.07. The molecule has 2 aliphatic rings. The number of phenols is 1. The number of phenolic OH excluding ortho intramolecular Hbond substituents is 1. The monoisotopic (exact) mass is 295 g/mol. The Labute approximate surface area is 120 Å². The molecule has 110 valence electrons. The molecule has 1 aromatic rings. The molecule has 0 saturated carbocycles. The Bertz CT molecular complexity index is 597. The van der Waals surface area contributed by atoms with Crippen LogP contribution >= 0.6 is 0 Å². The van der Waals surface area contributed by atoms with Gasteiger partial charge in [-0.3, -0.25) is 0 Å². The van der Waals surface area contributed by atoms with E-state index in [0.29, 0.717) is 17.3 Å². The molecule has 2 atom stereocenters. The first-order valence-corrected chi connectivity index (χ1v) is 9.11. The Morgan fingerprint density at radius 2 is 2.15 bits per heavy atom. The lowest BCUT2D eigenvalue weighted by atomic mass is 9.87. The van der Waals surface area contributed by atoms with Crippen molar-refractivity contribution in [3.8, 4) is 5.75 Å². The summed E-state index contributed by atoms with van der Waals surface area (Å²) in [4.78, 5) is 0. The van der Waals surface area contributed by atoms with Gasteiger partial charge in [-0.15, -0.1) is 0 Å². The van der Waals surface area contributed by atoms with Gasteiger partial charge < -0.3 is 10.4 Å². The number of nitrogens with one attached hydrogen (secondary N) is 1. The number of hydrogen-bond donors (Lipinski definition) is 2. The maximum Gasteiger partial charge on any atom is 0.150 e. The molecule has 0 amide bonds. The smallest absolute Gasteiger partial charge is 0.150 e. The molecule has 1 saturated heterocycles. The lowest BCUT2D eigenvalue weighted by Crippen LogP contribution is -2.30. The molecule has 0 radical (unpaired) electrons. The molecule has 5 heteroatoms. The van der Waals surface area contributed by atoms with Crippen LogP contribution in [0.25, 0.3) is 0 Å². The first-order chi connectivity index (χ1) is 9.53. The third-order valence-electron chi connectivity index (χ3n) is 4.42. The largest absolute Gasteiger partial charge is 0.508 e. The fraction of sp³-hybridized carbons (Fsp3) is 0.600.